The predicted octanol–water partition coefficient (Wildman–Crippen LogP) is 3.67. The maximum atomic E-state index is 13.6. The highest BCUT2D eigenvalue weighted by molar-refractivity contribution is 6.07. The van der Waals surface area contributed by atoms with Crippen molar-refractivity contribution in [1.29, 1.82) is 0 Å². The molecule has 1 aromatic heterocycles. The number of aromatic nitrogens is 1. The Labute approximate surface area is 212 Å². The highest BCUT2D eigenvalue weighted by atomic mass is 16.2. The summed E-state index contributed by atoms with van der Waals surface area (Å²) in [6.07, 6.45) is 8.40. The lowest BCUT2D eigenvalue weighted by molar-refractivity contribution is -0.134. The highest BCUT2D eigenvalue weighted by Crippen LogP contribution is 2.37. The van der Waals surface area contributed by atoms with Crippen molar-refractivity contribution in [2.75, 3.05) is 19.6 Å². The number of carbonyl (C=O) groups is 3. The van der Waals surface area contributed by atoms with E-state index >= 15 is 0 Å². The lowest BCUT2D eigenvalue weighted by atomic mass is 9.74. The second kappa shape index (κ2) is 11.7. The number of likely N-dealkylation sites (tertiary alicyclic amines) is 1. The quantitative estimate of drug-likeness (QED) is 0.352. The van der Waals surface area contributed by atoms with E-state index in [1.54, 1.807) is 30.2 Å². The standard InChI is InChI=1S/C29H32N4O3/c1-2-3-20-33-27(35)29(31-28(33)36,18-9-12-23-10-5-4-6-11-23)24-16-21-32(22-17-24)26(34)15-14-25-13-7-8-19-30-25/h4-8,10-11,13-15,19,24H,9,12,16-18,20-22H2,1H3,(H,31,36)/b15-14+. The van der Waals surface area contributed by atoms with Gasteiger partial charge in [-0.25, -0.2) is 4.79 Å². The van der Waals surface area contributed by atoms with Crippen molar-refractivity contribution in [3.8, 4) is 11.8 Å². The minimum atomic E-state index is -0.958. The van der Waals surface area contributed by atoms with Crippen molar-refractivity contribution in [2.45, 2.75) is 44.6 Å². The number of pyridine rings is 1. The van der Waals surface area contributed by atoms with E-state index in [0.29, 0.717) is 32.4 Å². The molecular formula is C29H32N4O3. The molecule has 2 aliphatic rings. The fourth-order valence-corrected chi connectivity index (χ4v) is 5.14. The lowest BCUT2D eigenvalue weighted by Crippen LogP contribution is -2.56. The summed E-state index contributed by atoms with van der Waals surface area (Å²) in [7, 11) is 0. The molecule has 2 fully saturated rings. The number of nitrogens with zero attached hydrogens (tertiary/aromatic N) is 3. The van der Waals surface area contributed by atoms with Crippen LogP contribution in [0.5, 0.6) is 0 Å². The summed E-state index contributed by atoms with van der Waals surface area (Å²) in [6.45, 7) is 2.86. The van der Waals surface area contributed by atoms with E-state index in [4.69, 9.17) is 0 Å². The number of benzene rings is 1. The van der Waals surface area contributed by atoms with Crippen LogP contribution in [0.25, 0.3) is 6.08 Å². The SMILES string of the molecule is CC#CCN1C(=O)NC(CCCc2ccccc2)(C2CCN(C(=O)/C=C/c3ccccn3)CC2)C1=O. The van der Waals surface area contributed by atoms with Gasteiger partial charge < -0.3 is 10.2 Å². The van der Waals surface area contributed by atoms with Crippen LogP contribution in [0.4, 0.5) is 4.79 Å². The second-order valence-corrected chi connectivity index (χ2v) is 9.25. The van der Waals surface area contributed by atoms with Crippen molar-refractivity contribution in [1.82, 2.24) is 20.1 Å². The first-order chi connectivity index (χ1) is 17.5. The Morgan fingerprint density at radius 3 is 2.58 bits per heavy atom. The van der Waals surface area contributed by atoms with Gasteiger partial charge in [0.1, 0.15) is 5.54 Å². The first kappa shape index (κ1) is 25.2. The van der Waals surface area contributed by atoms with E-state index in [1.807, 2.05) is 36.4 Å². The highest BCUT2D eigenvalue weighted by Gasteiger charge is 2.55. The van der Waals surface area contributed by atoms with Gasteiger partial charge in [0.05, 0.1) is 12.2 Å². The summed E-state index contributed by atoms with van der Waals surface area (Å²) >= 11 is 0. The third-order valence-electron chi connectivity index (χ3n) is 7.08. The maximum Gasteiger partial charge on any atom is 0.325 e. The summed E-state index contributed by atoms with van der Waals surface area (Å²) in [6, 6.07) is 15.3. The molecule has 2 saturated heterocycles. The zero-order valence-electron chi connectivity index (χ0n) is 20.7. The zero-order valence-corrected chi connectivity index (χ0v) is 20.7. The number of hydrogen-bond acceptors (Lipinski definition) is 4. The zero-order chi connectivity index (χ0) is 25.4. The first-order valence-corrected chi connectivity index (χ1v) is 12.5. The van der Waals surface area contributed by atoms with Crippen LogP contribution in [-0.4, -0.2) is 57.8 Å². The molecule has 4 amide bonds. The summed E-state index contributed by atoms with van der Waals surface area (Å²) in [5.74, 6) is 5.31. The first-order valence-electron chi connectivity index (χ1n) is 12.5. The van der Waals surface area contributed by atoms with Gasteiger partial charge >= 0.3 is 6.03 Å². The van der Waals surface area contributed by atoms with Crippen molar-refractivity contribution in [3.05, 3.63) is 72.1 Å². The molecule has 4 rings (SSSR count). The third kappa shape index (κ3) is 5.65. The van der Waals surface area contributed by atoms with Gasteiger partial charge in [-0.1, -0.05) is 42.3 Å². The molecule has 7 nitrogen and oxygen atoms in total. The summed E-state index contributed by atoms with van der Waals surface area (Å²) in [4.78, 5) is 46.5. The molecule has 1 unspecified atom stereocenters. The molecule has 0 bridgehead atoms. The van der Waals surface area contributed by atoms with Gasteiger partial charge in [0.15, 0.2) is 0 Å². The van der Waals surface area contributed by atoms with E-state index in [9.17, 15) is 14.4 Å². The van der Waals surface area contributed by atoms with Gasteiger partial charge in [0.2, 0.25) is 5.91 Å². The molecule has 1 atom stereocenters. The predicted molar refractivity (Wildman–Crippen MR) is 138 cm³/mol. The topological polar surface area (TPSA) is 82.6 Å². The van der Waals surface area contributed by atoms with Crippen LogP contribution < -0.4 is 5.32 Å². The third-order valence-corrected chi connectivity index (χ3v) is 7.08. The Morgan fingerprint density at radius 1 is 1.14 bits per heavy atom. The van der Waals surface area contributed by atoms with Gasteiger partial charge in [0.25, 0.3) is 5.91 Å². The number of urea groups is 1. The minimum Gasteiger partial charge on any atom is -0.339 e. The summed E-state index contributed by atoms with van der Waals surface area (Å²) in [5, 5.41) is 3.07. The molecule has 36 heavy (non-hydrogen) atoms. The fourth-order valence-electron chi connectivity index (χ4n) is 5.14. The van der Waals surface area contributed by atoms with Gasteiger partial charge in [-0.15, -0.1) is 5.92 Å². The Balaban J connectivity index is 1.44. The molecule has 0 saturated carbocycles. The molecule has 0 aliphatic carbocycles. The van der Waals surface area contributed by atoms with Crippen LogP contribution in [0.3, 0.4) is 0 Å². The van der Waals surface area contributed by atoms with Crippen LogP contribution in [-0.2, 0) is 16.0 Å². The van der Waals surface area contributed by atoms with E-state index in [-0.39, 0.29) is 30.3 Å². The number of carbonyl (C=O) groups excluding carboxylic acids is 3. The average Bonchev–Trinajstić information content (AvgIpc) is 3.16. The van der Waals surface area contributed by atoms with Crippen molar-refractivity contribution in [3.63, 3.8) is 0 Å². The van der Waals surface area contributed by atoms with Crippen LogP contribution in [0, 0.1) is 17.8 Å². The maximum absolute atomic E-state index is 13.6. The second-order valence-electron chi connectivity index (χ2n) is 9.25. The molecule has 2 aromatic rings. The van der Waals surface area contributed by atoms with Crippen molar-refractivity contribution >= 4 is 23.9 Å². The van der Waals surface area contributed by atoms with Gasteiger partial charge in [-0.05, 0) is 68.7 Å². The fraction of sp³-hybridized carbons (Fsp3) is 0.379. The Hall–Kier alpha value is -3.92. The molecular weight excluding hydrogens is 452 g/mol. The monoisotopic (exact) mass is 484 g/mol. The molecule has 7 heteroatoms. The van der Waals surface area contributed by atoms with E-state index in [2.05, 4.69) is 34.3 Å². The van der Waals surface area contributed by atoms with Crippen LogP contribution in [0.1, 0.15) is 43.9 Å². The normalized spacial score (nSPS) is 20.4. The largest absolute Gasteiger partial charge is 0.339 e. The molecule has 0 spiro atoms. The number of imide groups is 1. The summed E-state index contributed by atoms with van der Waals surface area (Å²) in [5.41, 5.74) is 0.978. The molecule has 0 radical (unpaired) electrons. The molecule has 2 aliphatic heterocycles. The summed E-state index contributed by atoms with van der Waals surface area (Å²) < 4.78 is 0. The number of rotatable bonds is 8. The van der Waals surface area contributed by atoms with E-state index in [1.165, 1.54) is 10.5 Å². The van der Waals surface area contributed by atoms with Gasteiger partial charge in [0, 0.05) is 25.4 Å². The molecule has 3 heterocycles. The number of hydrogen-bond donors (Lipinski definition) is 1. The number of amides is 4. The molecule has 1 N–H and O–H groups in total. The molecule has 1 aromatic carbocycles. The minimum absolute atomic E-state index is 0.0480. The van der Waals surface area contributed by atoms with E-state index in [0.717, 1.165) is 18.5 Å². The van der Waals surface area contributed by atoms with Gasteiger partial charge in [-0.3, -0.25) is 19.5 Å². The average molecular weight is 485 g/mol. The number of piperidine rings is 1. The van der Waals surface area contributed by atoms with Gasteiger partial charge in [-0.2, -0.15) is 0 Å². The van der Waals surface area contributed by atoms with Crippen molar-refractivity contribution in [2.24, 2.45) is 5.92 Å². The van der Waals surface area contributed by atoms with E-state index < -0.39 is 5.54 Å². The van der Waals surface area contributed by atoms with Crippen LogP contribution in [0.15, 0.2) is 60.8 Å². The number of nitrogens with one attached hydrogen (secondary N) is 1. The Bertz CT molecular complexity index is 1160. The Kier molecular flexibility index (Phi) is 8.17. The van der Waals surface area contributed by atoms with Crippen LogP contribution in [0.2, 0.25) is 0 Å². The number of aryl methyl sites for hydroxylation is 1. The van der Waals surface area contributed by atoms with Crippen LogP contribution >= 0.6 is 0 Å². The lowest BCUT2D eigenvalue weighted by Gasteiger charge is -2.40. The smallest absolute Gasteiger partial charge is 0.325 e. The Morgan fingerprint density at radius 2 is 1.89 bits per heavy atom. The van der Waals surface area contributed by atoms with Crippen molar-refractivity contribution < 1.29 is 14.4 Å². The molecule has 186 valence electrons.